The zero-order chi connectivity index (χ0) is 17.6. The van der Waals surface area contributed by atoms with E-state index in [0.717, 1.165) is 16.9 Å². The fraction of sp³-hybridized carbons (Fsp3) is 0.235. The number of halogens is 1. The molecule has 3 heterocycles. The zero-order valence-corrected chi connectivity index (χ0v) is 14.3. The molecule has 0 spiro atoms. The highest BCUT2D eigenvalue weighted by atomic mass is 35.5. The molecular formula is C17H14ClN3O4. The summed E-state index contributed by atoms with van der Waals surface area (Å²) in [6.45, 7) is 2.57. The lowest BCUT2D eigenvalue weighted by molar-refractivity contribution is 0.0594. The van der Waals surface area contributed by atoms with Crippen LogP contribution >= 0.6 is 11.6 Å². The molecule has 1 aromatic carbocycles. The van der Waals surface area contributed by atoms with Crippen LogP contribution in [0, 0.1) is 6.92 Å². The van der Waals surface area contributed by atoms with Gasteiger partial charge in [0.15, 0.2) is 22.8 Å². The Morgan fingerprint density at radius 1 is 1.28 bits per heavy atom. The summed E-state index contributed by atoms with van der Waals surface area (Å²) in [5.74, 6) is 1.59. The van der Waals surface area contributed by atoms with Gasteiger partial charge in [0, 0.05) is 11.1 Å². The monoisotopic (exact) mass is 359 g/mol. The minimum atomic E-state index is -0.493. The van der Waals surface area contributed by atoms with Crippen LogP contribution in [-0.4, -0.2) is 34.4 Å². The molecule has 1 aliphatic heterocycles. The maximum absolute atomic E-state index is 11.6. The summed E-state index contributed by atoms with van der Waals surface area (Å²) >= 11 is 6.37. The first-order valence-corrected chi connectivity index (χ1v) is 7.95. The molecule has 0 atom stereocenters. The maximum Gasteiger partial charge on any atom is 0.356 e. The second-order valence-corrected chi connectivity index (χ2v) is 5.98. The highest BCUT2D eigenvalue weighted by Gasteiger charge is 2.19. The van der Waals surface area contributed by atoms with E-state index in [0.29, 0.717) is 28.7 Å². The SMILES string of the molecule is COC(=O)c1ccc2c(n1)nc(C)n2Cc1cc2c(cc1Cl)OCO2. The Kier molecular flexibility index (Phi) is 3.73. The number of hydrogen-bond donors (Lipinski definition) is 0. The molecule has 0 aliphatic carbocycles. The number of carbonyl (C=O) groups is 1. The van der Waals surface area contributed by atoms with Crippen LogP contribution in [0.5, 0.6) is 11.5 Å². The Morgan fingerprint density at radius 2 is 2.04 bits per heavy atom. The minimum absolute atomic E-state index is 0.197. The van der Waals surface area contributed by atoms with E-state index in [4.69, 9.17) is 25.8 Å². The Bertz CT molecular complexity index is 999. The van der Waals surface area contributed by atoms with E-state index in [2.05, 4.69) is 9.97 Å². The molecule has 3 aromatic rings. The maximum atomic E-state index is 11.6. The van der Waals surface area contributed by atoms with Gasteiger partial charge in [-0.05, 0) is 30.7 Å². The van der Waals surface area contributed by atoms with Gasteiger partial charge in [-0.3, -0.25) is 0 Å². The highest BCUT2D eigenvalue weighted by Crippen LogP contribution is 2.37. The zero-order valence-electron chi connectivity index (χ0n) is 13.6. The average molecular weight is 360 g/mol. The lowest BCUT2D eigenvalue weighted by atomic mass is 10.2. The van der Waals surface area contributed by atoms with E-state index in [1.807, 2.05) is 17.6 Å². The van der Waals surface area contributed by atoms with Crippen molar-refractivity contribution in [1.82, 2.24) is 14.5 Å². The molecule has 1 aliphatic rings. The van der Waals surface area contributed by atoms with Crippen molar-refractivity contribution in [3.05, 3.63) is 46.4 Å². The molecule has 0 saturated heterocycles. The first-order valence-electron chi connectivity index (χ1n) is 7.57. The number of imidazole rings is 1. The number of ether oxygens (including phenoxy) is 3. The van der Waals surface area contributed by atoms with E-state index < -0.39 is 5.97 Å². The standard InChI is InChI=1S/C17H14ClN3O4/c1-9-19-16-13(4-3-12(20-16)17(22)23-2)21(9)7-10-5-14-15(6-11(10)18)25-8-24-14/h3-6H,7-8H2,1-2H3. The summed E-state index contributed by atoms with van der Waals surface area (Å²) in [4.78, 5) is 20.3. The van der Waals surface area contributed by atoms with Gasteiger partial charge in [0.2, 0.25) is 6.79 Å². The Morgan fingerprint density at radius 3 is 2.80 bits per heavy atom. The number of benzene rings is 1. The summed E-state index contributed by atoms with van der Waals surface area (Å²) in [5.41, 5.74) is 2.39. The Labute approximate surface area is 148 Å². The molecule has 0 unspecified atom stereocenters. The van der Waals surface area contributed by atoms with Crippen molar-refractivity contribution in [1.29, 1.82) is 0 Å². The number of rotatable bonds is 3. The molecule has 8 heteroatoms. The summed E-state index contributed by atoms with van der Waals surface area (Å²) in [6.07, 6.45) is 0. The van der Waals surface area contributed by atoms with E-state index >= 15 is 0 Å². The van der Waals surface area contributed by atoms with Crippen molar-refractivity contribution in [2.24, 2.45) is 0 Å². The summed E-state index contributed by atoms with van der Waals surface area (Å²) in [7, 11) is 1.32. The normalized spacial score (nSPS) is 12.6. The summed E-state index contributed by atoms with van der Waals surface area (Å²) in [5, 5.41) is 0.588. The molecule has 2 aromatic heterocycles. The van der Waals surface area contributed by atoms with Crippen LogP contribution in [0.25, 0.3) is 11.2 Å². The second kappa shape index (κ2) is 5.93. The number of carbonyl (C=O) groups excluding carboxylic acids is 1. The smallest absolute Gasteiger partial charge is 0.356 e. The molecule has 25 heavy (non-hydrogen) atoms. The van der Waals surface area contributed by atoms with Crippen LogP contribution in [0.2, 0.25) is 5.02 Å². The van der Waals surface area contributed by atoms with Gasteiger partial charge in [0.25, 0.3) is 0 Å². The van der Waals surface area contributed by atoms with Crippen LogP contribution in [-0.2, 0) is 11.3 Å². The van der Waals surface area contributed by atoms with Crippen molar-refractivity contribution in [3.63, 3.8) is 0 Å². The van der Waals surface area contributed by atoms with Crippen LogP contribution in [0.1, 0.15) is 21.9 Å². The van der Waals surface area contributed by atoms with Gasteiger partial charge < -0.3 is 18.8 Å². The molecule has 0 radical (unpaired) electrons. The molecule has 0 fully saturated rings. The van der Waals surface area contributed by atoms with Crippen molar-refractivity contribution in [2.75, 3.05) is 13.9 Å². The topological polar surface area (TPSA) is 75.5 Å². The number of fused-ring (bicyclic) bond motifs is 2. The number of aromatic nitrogens is 3. The number of aryl methyl sites for hydroxylation is 1. The second-order valence-electron chi connectivity index (χ2n) is 5.57. The van der Waals surface area contributed by atoms with E-state index in [1.165, 1.54) is 7.11 Å². The van der Waals surface area contributed by atoms with Crippen LogP contribution in [0.15, 0.2) is 24.3 Å². The van der Waals surface area contributed by atoms with Gasteiger partial charge in [-0.25, -0.2) is 14.8 Å². The number of pyridine rings is 1. The van der Waals surface area contributed by atoms with Gasteiger partial charge in [-0.15, -0.1) is 0 Å². The predicted molar refractivity (Wildman–Crippen MR) is 90.3 cm³/mol. The fourth-order valence-corrected chi connectivity index (χ4v) is 3.00. The molecule has 128 valence electrons. The quantitative estimate of drug-likeness (QED) is 0.669. The molecule has 0 N–H and O–H groups in total. The van der Waals surface area contributed by atoms with Crippen molar-refractivity contribution < 1.29 is 19.0 Å². The van der Waals surface area contributed by atoms with Gasteiger partial charge in [-0.2, -0.15) is 0 Å². The molecule has 4 rings (SSSR count). The van der Waals surface area contributed by atoms with Gasteiger partial charge >= 0.3 is 5.97 Å². The lowest BCUT2D eigenvalue weighted by Crippen LogP contribution is -2.05. The van der Waals surface area contributed by atoms with Crippen LogP contribution in [0.4, 0.5) is 0 Å². The first-order chi connectivity index (χ1) is 12.1. The Hall–Kier alpha value is -2.80. The third-order valence-electron chi connectivity index (χ3n) is 4.07. The average Bonchev–Trinajstić information content (AvgIpc) is 3.17. The molecule has 0 bridgehead atoms. The van der Waals surface area contributed by atoms with E-state index in [9.17, 15) is 4.79 Å². The fourth-order valence-electron chi connectivity index (χ4n) is 2.79. The third-order valence-corrected chi connectivity index (χ3v) is 4.42. The van der Waals surface area contributed by atoms with Gasteiger partial charge in [0.05, 0.1) is 19.2 Å². The number of nitrogens with zero attached hydrogens (tertiary/aromatic N) is 3. The minimum Gasteiger partial charge on any atom is -0.464 e. The van der Waals surface area contributed by atoms with Crippen molar-refractivity contribution in [3.8, 4) is 11.5 Å². The predicted octanol–water partition coefficient (Wildman–Crippen LogP) is 2.96. The molecule has 0 saturated carbocycles. The van der Waals surface area contributed by atoms with Crippen LogP contribution in [0.3, 0.4) is 0 Å². The van der Waals surface area contributed by atoms with Gasteiger partial charge in [0.1, 0.15) is 5.82 Å². The van der Waals surface area contributed by atoms with E-state index in [-0.39, 0.29) is 12.5 Å². The highest BCUT2D eigenvalue weighted by molar-refractivity contribution is 6.31. The van der Waals surface area contributed by atoms with Gasteiger partial charge in [-0.1, -0.05) is 11.6 Å². The molecule has 0 amide bonds. The summed E-state index contributed by atoms with van der Waals surface area (Å²) < 4.78 is 17.4. The lowest BCUT2D eigenvalue weighted by Gasteiger charge is -2.10. The third kappa shape index (κ3) is 2.66. The molecule has 7 nitrogen and oxygen atoms in total. The molecular weight excluding hydrogens is 346 g/mol. The number of hydrogen-bond acceptors (Lipinski definition) is 6. The Balaban J connectivity index is 1.75. The van der Waals surface area contributed by atoms with Crippen LogP contribution < -0.4 is 9.47 Å². The largest absolute Gasteiger partial charge is 0.464 e. The number of methoxy groups -OCH3 is 1. The van der Waals surface area contributed by atoms with Crippen molar-refractivity contribution in [2.45, 2.75) is 13.5 Å². The first kappa shape index (κ1) is 15.7. The number of esters is 1. The summed E-state index contributed by atoms with van der Waals surface area (Å²) in [6, 6.07) is 7.04. The van der Waals surface area contributed by atoms with Crippen molar-refractivity contribution >= 4 is 28.7 Å². The van der Waals surface area contributed by atoms with E-state index in [1.54, 1.807) is 18.2 Å².